The number of anilines is 1. The highest BCUT2D eigenvalue weighted by Gasteiger charge is 2.43. The van der Waals surface area contributed by atoms with Crippen molar-refractivity contribution in [3.8, 4) is 0 Å². The van der Waals surface area contributed by atoms with E-state index in [0.29, 0.717) is 5.92 Å². The van der Waals surface area contributed by atoms with Crippen LogP contribution in [0.4, 0.5) is 17.1 Å². The van der Waals surface area contributed by atoms with Crippen LogP contribution in [-0.4, -0.2) is 15.6 Å². The molecular formula is C19H24N4O4. The molecule has 8 nitrogen and oxygen atoms in total. The molecule has 1 N–H and O–H groups in total. The molecule has 0 saturated heterocycles. The molecule has 1 aromatic rings. The Morgan fingerprint density at radius 1 is 1.04 bits per heavy atom. The first-order valence-corrected chi connectivity index (χ1v) is 9.75. The first-order chi connectivity index (χ1) is 13.0. The van der Waals surface area contributed by atoms with E-state index in [4.69, 9.17) is 0 Å². The van der Waals surface area contributed by atoms with Gasteiger partial charge in [-0.05, 0) is 74.7 Å². The first-order valence-electron chi connectivity index (χ1n) is 9.75. The molecule has 4 atom stereocenters. The number of fused-ring (bicyclic) bond motifs is 2. The highest BCUT2D eigenvalue weighted by Crippen LogP contribution is 2.53. The average molecular weight is 372 g/mol. The molecule has 3 fully saturated rings. The molecule has 3 saturated carbocycles. The topological polar surface area (TPSA) is 111 Å². The van der Waals surface area contributed by atoms with Crippen molar-refractivity contribution in [2.75, 3.05) is 5.43 Å². The quantitative estimate of drug-likeness (QED) is 0.584. The van der Waals surface area contributed by atoms with E-state index in [9.17, 15) is 20.2 Å². The average Bonchev–Trinajstić information content (AvgIpc) is 3.30. The van der Waals surface area contributed by atoms with Crippen LogP contribution in [-0.2, 0) is 0 Å². The van der Waals surface area contributed by atoms with E-state index < -0.39 is 9.85 Å². The Balaban J connectivity index is 1.46. The van der Waals surface area contributed by atoms with Gasteiger partial charge >= 0.3 is 5.69 Å². The molecular weight excluding hydrogens is 348 g/mol. The van der Waals surface area contributed by atoms with E-state index in [0.717, 1.165) is 48.8 Å². The Bertz CT molecular complexity index is 794. The van der Waals surface area contributed by atoms with Crippen LogP contribution in [0, 0.1) is 43.9 Å². The summed E-state index contributed by atoms with van der Waals surface area (Å²) in [5.74, 6) is 3.33. The number of hydrazone groups is 1. The largest absolute Gasteiger partial charge is 0.301 e. The standard InChI is InChI=1S/C19H24N4O4/c24-22(25)16-6-7-18(19(11-16)23(26)27)21-20-15-3-1-2-13(10-15)17-9-12-4-5-14(17)8-12/h6-7,11-14,17,21H,1-5,8-10H2/b20-15+/t12-,13+,14-,17-/m0/s1. The predicted molar refractivity (Wildman–Crippen MR) is 102 cm³/mol. The summed E-state index contributed by atoms with van der Waals surface area (Å²) in [5.41, 5.74) is 3.43. The molecule has 0 heterocycles. The van der Waals surface area contributed by atoms with Crippen LogP contribution in [0.2, 0.25) is 0 Å². The summed E-state index contributed by atoms with van der Waals surface area (Å²) in [6.07, 6.45) is 9.79. The Hall–Kier alpha value is -2.51. The molecule has 1 aromatic carbocycles. The van der Waals surface area contributed by atoms with Crippen LogP contribution in [0.1, 0.15) is 51.4 Å². The van der Waals surface area contributed by atoms with Crippen molar-refractivity contribution < 1.29 is 9.85 Å². The van der Waals surface area contributed by atoms with Gasteiger partial charge in [-0.3, -0.25) is 25.7 Å². The number of nitro benzene ring substituents is 2. The third-order valence-corrected chi connectivity index (χ3v) is 6.66. The molecule has 0 radical (unpaired) electrons. The summed E-state index contributed by atoms with van der Waals surface area (Å²) in [7, 11) is 0. The van der Waals surface area contributed by atoms with Crippen molar-refractivity contribution in [3.05, 3.63) is 38.4 Å². The minimum atomic E-state index is -0.635. The number of rotatable bonds is 5. The second kappa shape index (κ2) is 7.25. The van der Waals surface area contributed by atoms with Crippen LogP contribution < -0.4 is 5.43 Å². The van der Waals surface area contributed by atoms with Gasteiger partial charge in [0.2, 0.25) is 0 Å². The van der Waals surface area contributed by atoms with Gasteiger partial charge in [0.1, 0.15) is 5.69 Å². The first kappa shape index (κ1) is 17.9. The molecule has 27 heavy (non-hydrogen) atoms. The van der Waals surface area contributed by atoms with E-state index >= 15 is 0 Å². The van der Waals surface area contributed by atoms with Gasteiger partial charge in [-0.15, -0.1) is 0 Å². The number of nitrogens with one attached hydrogen (secondary N) is 1. The zero-order valence-corrected chi connectivity index (χ0v) is 15.2. The maximum atomic E-state index is 11.2. The fraction of sp³-hybridized carbons (Fsp3) is 0.632. The number of non-ortho nitro benzene ring substituents is 1. The summed E-state index contributed by atoms with van der Waals surface area (Å²) in [5, 5.41) is 26.5. The fourth-order valence-electron chi connectivity index (χ4n) is 5.43. The molecule has 3 aliphatic rings. The van der Waals surface area contributed by atoms with Gasteiger partial charge in [0, 0.05) is 11.8 Å². The minimum Gasteiger partial charge on any atom is -0.272 e. The molecule has 8 heteroatoms. The van der Waals surface area contributed by atoms with Crippen molar-refractivity contribution >= 4 is 22.8 Å². The zero-order chi connectivity index (χ0) is 19.0. The minimum absolute atomic E-state index is 0.195. The van der Waals surface area contributed by atoms with Gasteiger partial charge in [-0.1, -0.05) is 6.42 Å². The summed E-state index contributed by atoms with van der Waals surface area (Å²) in [4.78, 5) is 20.8. The van der Waals surface area contributed by atoms with Crippen molar-refractivity contribution in [1.29, 1.82) is 0 Å². The van der Waals surface area contributed by atoms with E-state index in [-0.39, 0.29) is 17.1 Å². The maximum absolute atomic E-state index is 11.2. The molecule has 0 unspecified atom stereocenters. The van der Waals surface area contributed by atoms with Gasteiger partial charge < -0.3 is 0 Å². The molecule has 0 aromatic heterocycles. The molecule has 3 aliphatic carbocycles. The monoisotopic (exact) mass is 372 g/mol. The molecule has 2 bridgehead atoms. The summed E-state index contributed by atoms with van der Waals surface area (Å²) >= 11 is 0. The van der Waals surface area contributed by atoms with E-state index in [1.807, 2.05) is 0 Å². The zero-order valence-electron chi connectivity index (χ0n) is 15.2. The van der Waals surface area contributed by atoms with E-state index in [2.05, 4.69) is 10.5 Å². The molecule has 0 amide bonds. The number of nitrogens with zero attached hydrogens (tertiary/aromatic N) is 3. The Morgan fingerprint density at radius 2 is 1.89 bits per heavy atom. The van der Waals surface area contributed by atoms with Gasteiger partial charge in [0.15, 0.2) is 0 Å². The van der Waals surface area contributed by atoms with Crippen molar-refractivity contribution in [3.63, 3.8) is 0 Å². The summed E-state index contributed by atoms with van der Waals surface area (Å²) < 4.78 is 0. The summed E-state index contributed by atoms with van der Waals surface area (Å²) in [6.45, 7) is 0. The van der Waals surface area contributed by atoms with Gasteiger partial charge in [-0.25, -0.2) is 0 Å². The van der Waals surface area contributed by atoms with Crippen LogP contribution in [0.5, 0.6) is 0 Å². The third kappa shape index (κ3) is 3.65. The predicted octanol–water partition coefficient (Wildman–Crippen LogP) is 4.90. The second-order valence-corrected chi connectivity index (χ2v) is 8.20. The smallest absolute Gasteiger partial charge is 0.272 e. The SMILES string of the molecule is O=[N+]([O-])c1ccc(N/N=C2\CCC[C@@H]([C@@H]3C[C@H]4CC[C@H]3C4)C2)c([N+](=O)[O-])c1. The number of hydrogen-bond acceptors (Lipinski definition) is 6. The molecule has 4 rings (SSSR count). The Kier molecular flexibility index (Phi) is 4.80. The molecule has 0 aliphatic heterocycles. The van der Waals surface area contributed by atoms with E-state index in [1.165, 1.54) is 44.2 Å². The van der Waals surface area contributed by atoms with Crippen LogP contribution >= 0.6 is 0 Å². The van der Waals surface area contributed by atoms with Crippen LogP contribution in [0.25, 0.3) is 0 Å². The van der Waals surface area contributed by atoms with Gasteiger partial charge in [0.05, 0.1) is 15.9 Å². The van der Waals surface area contributed by atoms with Crippen LogP contribution in [0.15, 0.2) is 23.3 Å². The second-order valence-electron chi connectivity index (χ2n) is 8.20. The lowest BCUT2D eigenvalue weighted by Gasteiger charge is -2.33. The highest BCUT2D eigenvalue weighted by molar-refractivity contribution is 5.86. The van der Waals surface area contributed by atoms with Crippen molar-refractivity contribution in [2.24, 2.45) is 28.8 Å². The summed E-state index contributed by atoms with van der Waals surface area (Å²) in [6, 6.07) is 3.59. The normalized spacial score (nSPS) is 31.2. The maximum Gasteiger partial charge on any atom is 0.301 e. The molecule has 144 valence electrons. The number of nitro groups is 2. The Morgan fingerprint density at radius 3 is 2.56 bits per heavy atom. The van der Waals surface area contributed by atoms with Crippen molar-refractivity contribution in [2.45, 2.75) is 51.4 Å². The molecule has 0 spiro atoms. The third-order valence-electron chi connectivity index (χ3n) is 6.66. The van der Waals surface area contributed by atoms with Crippen molar-refractivity contribution in [1.82, 2.24) is 0 Å². The van der Waals surface area contributed by atoms with E-state index in [1.54, 1.807) is 0 Å². The van der Waals surface area contributed by atoms with Crippen LogP contribution in [0.3, 0.4) is 0 Å². The Labute approximate surface area is 157 Å². The highest BCUT2D eigenvalue weighted by atomic mass is 16.6. The lowest BCUT2D eigenvalue weighted by atomic mass is 9.72. The fourth-order valence-corrected chi connectivity index (χ4v) is 5.43. The lowest BCUT2D eigenvalue weighted by Crippen LogP contribution is -2.27. The number of benzene rings is 1. The number of hydrogen-bond donors (Lipinski definition) is 1. The lowest BCUT2D eigenvalue weighted by molar-refractivity contribution is -0.393. The van der Waals surface area contributed by atoms with Gasteiger partial charge in [-0.2, -0.15) is 5.10 Å². The van der Waals surface area contributed by atoms with Gasteiger partial charge in [0.25, 0.3) is 5.69 Å².